The molecule has 1 unspecified atom stereocenters. The van der Waals surface area contributed by atoms with Crippen molar-refractivity contribution in [3.05, 3.63) is 48.6 Å². The van der Waals surface area contributed by atoms with Crippen LogP contribution in [0.2, 0.25) is 0 Å². The zero-order chi connectivity index (χ0) is 12.6. The molecule has 0 amide bonds. The van der Waals surface area contributed by atoms with E-state index in [0.717, 1.165) is 0 Å². The van der Waals surface area contributed by atoms with Gasteiger partial charge in [0.25, 0.3) is 0 Å². The summed E-state index contributed by atoms with van der Waals surface area (Å²) in [7, 11) is 0. The van der Waals surface area contributed by atoms with Gasteiger partial charge in [-0.2, -0.15) is 0 Å². The number of aliphatic carboxylic acids is 2. The van der Waals surface area contributed by atoms with E-state index in [2.05, 4.69) is 6.58 Å². The molecule has 0 aromatic rings. The molecular weight excluding hydrogens is 208 g/mol. The molecule has 0 fully saturated rings. The van der Waals surface area contributed by atoms with Gasteiger partial charge < -0.3 is 10.2 Å². The average Bonchev–Trinajstić information content (AvgIpc) is 2.21. The van der Waals surface area contributed by atoms with Crippen LogP contribution in [0.4, 0.5) is 0 Å². The van der Waals surface area contributed by atoms with Crippen LogP contribution < -0.4 is 0 Å². The van der Waals surface area contributed by atoms with Crippen molar-refractivity contribution in [2.45, 2.75) is 6.92 Å². The van der Waals surface area contributed by atoms with Crippen molar-refractivity contribution in [1.29, 1.82) is 0 Å². The van der Waals surface area contributed by atoms with Crippen molar-refractivity contribution in [3.8, 4) is 0 Å². The largest absolute Gasteiger partial charge is 0.481 e. The van der Waals surface area contributed by atoms with Crippen LogP contribution in [0.25, 0.3) is 0 Å². The third-order valence-electron chi connectivity index (χ3n) is 1.69. The highest BCUT2D eigenvalue weighted by atomic mass is 16.4. The summed E-state index contributed by atoms with van der Waals surface area (Å²) in [6.07, 6.45) is 9.20. The third-order valence-corrected chi connectivity index (χ3v) is 1.69. The summed E-state index contributed by atoms with van der Waals surface area (Å²) in [5, 5.41) is 17.0. The molecule has 0 rings (SSSR count). The van der Waals surface area contributed by atoms with Crippen LogP contribution in [0, 0.1) is 5.92 Å². The predicted molar refractivity (Wildman–Crippen MR) is 61.0 cm³/mol. The molecule has 0 bridgehead atoms. The van der Waals surface area contributed by atoms with Crippen molar-refractivity contribution >= 4 is 11.9 Å². The van der Waals surface area contributed by atoms with E-state index < -0.39 is 17.9 Å². The minimum atomic E-state index is -1.07. The molecule has 0 spiro atoms. The minimum absolute atomic E-state index is 0.00691. The Hall–Kier alpha value is -2.10. The number of rotatable bonds is 6. The standard InChI is InChI=1S/C12H14O4/c1-9(11(13)14)7-5-3-4-6-8-10(2)12(15)16/h3-8,10H,1H2,2H3,(H,13,14)(H,15,16)/b4-3+,7-5+,8-6+. The molecule has 0 aliphatic carbocycles. The van der Waals surface area contributed by atoms with Crippen molar-refractivity contribution in [2.75, 3.05) is 0 Å². The van der Waals surface area contributed by atoms with Crippen LogP contribution in [-0.4, -0.2) is 22.2 Å². The van der Waals surface area contributed by atoms with E-state index in [0.29, 0.717) is 0 Å². The van der Waals surface area contributed by atoms with Gasteiger partial charge in [0.15, 0.2) is 0 Å². The van der Waals surface area contributed by atoms with Crippen LogP contribution in [0.15, 0.2) is 48.6 Å². The molecule has 0 radical (unpaired) electrons. The molecule has 16 heavy (non-hydrogen) atoms. The van der Waals surface area contributed by atoms with Crippen molar-refractivity contribution in [2.24, 2.45) is 5.92 Å². The average molecular weight is 222 g/mol. The van der Waals surface area contributed by atoms with E-state index in [1.54, 1.807) is 25.2 Å². The Labute approximate surface area is 93.9 Å². The maximum absolute atomic E-state index is 10.4. The van der Waals surface area contributed by atoms with Gasteiger partial charge in [0, 0.05) is 0 Å². The van der Waals surface area contributed by atoms with E-state index in [1.807, 2.05) is 0 Å². The van der Waals surface area contributed by atoms with Crippen molar-refractivity contribution in [3.63, 3.8) is 0 Å². The fourth-order valence-electron chi connectivity index (χ4n) is 0.684. The fraction of sp³-hybridized carbons (Fsp3) is 0.167. The van der Waals surface area contributed by atoms with E-state index in [-0.39, 0.29) is 5.57 Å². The lowest BCUT2D eigenvalue weighted by Crippen LogP contribution is -2.05. The summed E-state index contributed by atoms with van der Waals surface area (Å²) in [5.41, 5.74) is -0.00691. The van der Waals surface area contributed by atoms with Gasteiger partial charge in [-0.25, -0.2) is 4.79 Å². The Morgan fingerprint density at radius 1 is 1.12 bits per heavy atom. The van der Waals surface area contributed by atoms with Gasteiger partial charge in [0.05, 0.1) is 11.5 Å². The molecule has 2 N–H and O–H groups in total. The smallest absolute Gasteiger partial charge is 0.335 e. The lowest BCUT2D eigenvalue weighted by atomic mass is 10.2. The summed E-state index contributed by atoms with van der Waals surface area (Å²) in [6.45, 7) is 4.87. The SMILES string of the molecule is C=C(/C=C/C=C/C=C/C(C)C(=O)O)C(=O)O. The molecule has 0 heterocycles. The van der Waals surface area contributed by atoms with E-state index in [4.69, 9.17) is 10.2 Å². The van der Waals surface area contributed by atoms with Gasteiger partial charge in [-0.15, -0.1) is 0 Å². The highest BCUT2D eigenvalue weighted by molar-refractivity contribution is 5.89. The number of hydrogen-bond acceptors (Lipinski definition) is 2. The van der Waals surface area contributed by atoms with Crippen LogP contribution >= 0.6 is 0 Å². The first-order valence-electron chi connectivity index (χ1n) is 4.61. The monoisotopic (exact) mass is 222 g/mol. The zero-order valence-corrected chi connectivity index (χ0v) is 8.96. The fourth-order valence-corrected chi connectivity index (χ4v) is 0.684. The Bertz CT molecular complexity index is 361. The molecule has 0 aliphatic rings. The highest BCUT2D eigenvalue weighted by Gasteiger charge is 2.03. The second-order valence-corrected chi connectivity index (χ2v) is 3.09. The quantitative estimate of drug-likeness (QED) is 0.532. The normalized spacial score (nSPS) is 13.6. The third kappa shape index (κ3) is 6.37. The molecular formula is C12H14O4. The van der Waals surface area contributed by atoms with Crippen LogP contribution in [0.1, 0.15) is 6.92 Å². The Kier molecular flexibility index (Phi) is 6.28. The number of carbonyl (C=O) groups is 2. The lowest BCUT2D eigenvalue weighted by Gasteiger charge is -1.94. The lowest BCUT2D eigenvalue weighted by molar-refractivity contribution is -0.139. The summed E-state index contributed by atoms with van der Waals surface area (Å²) in [4.78, 5) is 20.7. The van der Waals surface area contributed by atoms with Crippen LogP contribution in [0.5, 0.6) is 0 Å². The highest BCUT2D eigenvalue weighted by Crippen LogP contribution is 1.97. The maximum atomic E-state index is 10.4. The first-order valence-corrected chi connectivity index (χ1v) is 4.61. The second kappa shape index (κ2) is 7.23. The van der Waals surface area contributed by atoms with Gasteiger partial charge in [-0.05, 0) is 13.0 Å². The Morgan fingerprint density at radius 2 is 1.69 bits per heavy atom. The summed E-state index contributed by atoms with van der Waals surface area (Å²) < 4.78 is 0. The predicted octanol–water partition coefficient (Wildman–Crippen LogP) is 2.02. The molecule has 0 aromatic carbocycles. The topological polar surface area (TPSA) is 74.6 Å². The molecule has 0 aromatic heterocycles. The first kappa shape index (κ1) is 13.9. The molecule has 4 heteroatoms. The van der Waals surface area contributed by atoms with Crippen LogP contribution in [-0.2, 0) is 9.59 Å². The number of carboxylic acids is 2. The van der Waals surface area contributed by atoms with Gasteiger partial charge in [-0.1, -0.05) is 37.0 Å². The van der Waals surface area contributed by atoms with Gasteiger partial charge >= 0.3 is 11.9 Å². The van der Waals surface area contributed by atoms with E-state index >= 15 is 0 Å². The van der Waals surface area contributed by atoms with E-state index in [9.17, 15) is 9.59 Å². The summed E-state index contributed by atoms with van der Waals surface area (Å²) in [6, 6.07) is 0. The first-order chi connectivity index (χ1) is 7.45. The number of carboxylic acid groups (broad SMARTS) is 2. The van der Waals surface area contributed by atoms with Crippen LogP contribution in [0.3, 0.4) is 0 Å². The van der Waals surface area contributed by atoms with Crippen molar-refractivity contribution < 1.29 is 19.8 Å². The van der Waals surface area contributed by atoms with Crippen molar-refractivity contribution in [1.82, 2.24) is 0 Å². The zero-order valence-electron chi connectivity index (χ0n) is 8.96. The number of hydrogen-bond donors (Lipinski definition) is 2. The molecule has 86 valence electrons. The molecule has 4 nitrogen and oxygen atoms in total. The van der Waals surface area contributed by atoms with Gasteiger partial charge in [0.1, 0.15) is 0 Å². The Balaban J connectivity index is 4.09. The van der Waals surface area contributed by atoms with E-state index in [1.165, 1.54) is 18.2 Å². The second-order valence-electron chi connectivity index (χ2n) is 3.09. The summed E-state index contributed by atoms with van der Waals surface area (Å²) >= 11 is 0. The molecule has 0 aliphatic heterocycles. The molecule has 0 saturated heterocycles. The minimum Gasteiger partial charge on any atom is -0.481 e. The number of allylic oxidation sites excluding steroid dienone is 4. The van der Waals surface area contributed by atoms with Gasteiger partial charge in [0.2, 0.25) is 0 Å². The molecule has 1 atom stereocenters. The molecule has 0 saturated carbocycles. The summed E-state index contributed by atoms with van der Waals surface area (Å²) in [5.74, 6) is -2.50. The Morgan fingerprint density at radius 3 is 2.19 bits per heavy atom. The van der Waals surface area contributed by atoms with Gasteiger partial charge in [-0.3, -0.25) is 4.79 Å². The maximum Gasteiger partial charge on any atom is 0.335 e.